The Morgan fingerprint density at radius 1 is 1.54 bits per heavy atom. The van der Waals surface area contributed by atoms with Gasteiger partial charge in [-0.15, -0.1) is 0 Å². The normalized spacial score (nSPS) is 9.85. The van der Waals surface area contributed by atoms with Gasteiger partial charge in [-0.25, -0.2) is 0 Å². The molecule has 3 heteroatoms. The van der Waals surface area contributed by atoms with Crippen molar-refractivity contribution >= 4 is 6.08 Å². The van der Waals surface area contributed by atoms with Crippen LogP contribution in [0.5, 0.6) is 11.5 Å². The van der Waals surface area contributed by atoms with E-state index in [1.54, 1.807) is 12.1 Å². The molecule has 13 heavy (non-hydrogen) atoms. The number of hydrogen-bond donors (Lipinski definition) is 1. The fourth-order valence-corrected chi connectivity index (χ4v) is 0.979. The molecule has 0 amide bonds. The topological polar surface area (TPSA) is 53.2 Å². The SMILES string of the molecule is COc1ccc(O)cc1C=CC#N. The fourth-order valence-electron chi connectivity index (χ4n) is 0.979. The second kappa shape index (κ2) is 4.17. The van der Waals surface area contributed by atoms with Crippen LogP contribution < -0.4 is 4.74 Å². The number of aromatic hydroxyl groups is 1. The number of allylic oxidation sites excluding steroid dienone is 1. The Labute approximate surface area is 76.5 Å². The number of hydrogen-bond acceptors (Lipinski definition) is 3. The number of benzene rings is 1. The number of phenolic OH excluding ortho intramolecular Hbond substituents is 1. The van der Waals surface area contributed by atoms with Crippen LogP contribution in [0.15, 0.2) is 24.3 Å². The first-order valence-corrected chi connectivity index (χ1v) is 3.71. The molecule has 0 unspecified atom stereocenters. The standard InChI is InChI=1S/C10H9NO2/c1-13-10-5-4-9(12)7-8(10)3-2-6-11/h2-5,7,12H,1H3. The molecule has 3 nitrogen and oxygen atoms in total. The van der Waals surface area contributed by atoms with Crippen LogP contribution in [0.4, 0.5) is 0 Å². The van der Waals surface area contributed by atoms with Gasteiger partial charge in [0.2, 0.25) is 0 Å². The Kier molecular flexibility index (Phi) is 2.93. The summed E-state index contributed by atoms with van der Waals surface area (Å²) in [6.45, 7) is 0. The average molecular weight is 175 g/mol. The lowest BCUT2D eigenvalue weighted by atomic mass is 10.2. The monoisotopic (exact) mass is 175 g/mol. The predicted molar refractivity (Wildman–Crippen MR) is 49.3 cm³/mol. The summed E-state index contributed by atoms with van der Waals surface area (Å²) in [5.74, 6) is 0.780. The maximum absolute atomic E-state index is 9.16. The Morgan fingerprint density at radius 2 is 2.31 bits per heavy atom. The summed E-state index contributed by atoms with van der Waals surface area (Å²) in [4.78, 5) is 0. The molecule has 66 valence electrons. The van der Waals surface area contributed by atoms with Crippen LogP contribution in [-0.2, 0) is 0 Å². The molecule has 0 bridgehead atoms. The van der Waals surface area contributed by atoms with Gasteiger partial charge in [-0.2, -0.15) is 5.26 Å². The first-order chi connectivity index (χ1) is 6.27. The summed E-state index contributed by atoms with van der Waals surface area (Å²) in [6, 6.07) is 6.58. The summed E-state index contributed by atoms with van der Waals surface area (Å²) in [5.41, 5.74) is 0.684. The molecule has 0 radical (unpaired) electrons. The third-order valence-electron chi connectivity index (χ3n) is 1.55. The van der Waals surface area contributed by atoms with Crippen molar-refractivity contribution in [3.05, 3.63) is 29.8 Å². The Hall–Kier alpha value is -1.95. The molecule has 0 saturated heterocycles. The van der Waals surface area contributed by atoms with E-state index in [0.29, 0.717) is 11.3 Å². The Bertz CT molecular complexity index is 364. The minimum absolute atomic E-state index is 0.151. The van der Waals surface area contributed by atoms with Gasteiger partial charge < -0.3 is 9.84 Å². The van der Waals surface area contributed by atoms with Gasteiger partial charge in [0.05, 0.1) is 13.2 Å². The van der Waals surface area contributed by atoms with Crippen molar-refractivity contribution in [2.75, 3.05) is 7.11 Å². The molecular formula is C10H9NO2. The highest BCUT2D eigenvalue weighted by Crippen LogP contribution is 2.24. The molecular weight excluding hydrogens is 166 g/mol. The maximum atomic E-state index is 9.16. The highest BCUT2D eigenvalue weighted by Gasteiger charge is 1.99. The zero-order chi connectivity index (χ0) is 9.68. The molecule has 0 spiro atoms. The third-order valence-corrected chi connectivity index (χ3v) is 1.55. The van der Waals surface area contributed by atoms with Gasteiger partial charge in [0.1, 0.15) is 11.5 Å². The molecule has 0 aromatic heterocycles. The lowest BCUT2D eigenvalue weighted by Gasteiger charge is -2.03. The summed E-state index contributed by atoms with van der Waals surface area (Å²) < 4.78 is 5.03. The van der Waals surface area contributed by atoms with Crippen molar-refractivity contribution < 1.29 is 9.84 Å². The largest absolute Gasteiger partial charge is 0.508 e. The number of rotatable bonds is 2. The van der Waals surface area contributed by atoms with E-state index in [1.807, 2.05) is 6.07 Å². The van der Waals surface area contributed by atoms with Crippen molar-refractivity contribution in [1.82, 2.24) is 0 Å². The van der Waals surface area contributed by atoms with E-state index in [-0.39, 0.29) is 5.75 Å². The molecule has 0 atom stereocenters. The Balaban J connectivity index is 3.10. The minimum atomic E-state index is 0.151. The predicted octanol–water partition coefficient (Wildman–Crippen LogP) is 1.94. The molecule has 1 N–H and O–H groups in total. The highest BCUT2D eigenvalue weighted by molar-refractivity contribution is 5.60. The molecule has 0 heterocycles. The zero-order valence-corrected chi connectivity index (χ0v) is 7.19. The number of methoxy groups -OCH3 is 1. The van der Waals surface area contributed by atoms with Crippen molar-refractivity contribution in [1.29, 1.82) is 5.26 Å². The number of ether oxygens (including phenoxy) is 1. The van der Waals surface area contributed by atoms with Crippen LogP contribution in [0, 0.1) is 11.3 Å². The van der Waals surface area contributed by atoms with Gasteiger partial charge >= 0.3 is 0 Å². The van der Waals surface area contributed by atoms with Gasteiger partial charge in [0.25, 0.3) is 0 Å². The molecule has 0 aliphatic carbocycles. The second-order valence-electron chi connectivity index (χ2n) is 2.39. The summed E-state index contributed by atoms with van der Waals surface area (Å²) in [7, 11) is 1.54. The summed E-state index contributed by atoms with van der Waals surface area (Å²) in [6.07, 6.45) is 2.91. The van der Waals surface area contributed by atoms with Crippen LogP contribution in [0.25, 0.3) is 6.08 Å². The van der Waals surface area contributed by atoms with Crippen LogP contribution >= 0.6 is 0 Å². The first-order valence-electron chi connectivity index (χ1n) is 3.71. The van der Waals surface area contributed by atoms with Gasteiger partial charge in [0, 0.05) is 11.6 Å². The van der Waals surface area contributed by atoms with Crippen molar-refractivity contribution in [3.63, 3.8) is 0 Å². The number of nitriles is 1. The quantitative estimate of drug-likeness (QED) is 0.699. The average Bonchev–Trinajstić information content (AvgIpc) is 2.15. The van der Waals surface area contributed by atoms with E-state index < -0.39 is 0 Å². The van der Waals surface area contributed by atoms with Gasteiger partial charge in [-0.1, -0.05) is 0 Å². The van der Waals surface area contributed by atoms with Crippen LogP contribution in [-0.4, -0.2) is 12.2 Å². The number of phenols is 1. The smallest absolute Gasteiger partial charge is 0.126 e. The van der Waals surface area contributed by atoms with Gasteiger partial charge in [-0.05, 0) is 24.3 Å². The van der Waals surface area contributed by atoms with Crippen LogP contribution in [0.2, 0.25) is 0 Å². The lowest BCUT2D eigenvalue weighted by Crippen LogP contribution is -1.85. The van der Waals surface area contributed by atoms with Crippen molar-refractivity contribution in [2.24, 2.45) is 0 Å². The van der Waals surface area contributed by atoms with E-state index in [4.69, 9.17) is 15.1 Å². The van der Waals surface area contributed by atoms with Gasteiger partial charge in [-0.3, -0.25) is 0 Å². The van der Waals surface area contributed by atoms with E-state index >= 15 is 0 Å². The van der Waals surface area contributed by atoms with Crippen molar-refractivity contribution in [3.8, 4) is 17.6 Å². The zero-order valence-electron chi connectivity index (χ0n) is 7.19. The first kappa shape index (κ1) is 9.14. The lowest BCUT2D eigenvalue weighted by molar-refractivity contribution is 0.411. The van der Waals surface area contributed by atoms with Crippen LogP contribution in [0.3, 0.4) is 0 Å². The molecule has 1 rings (SSSR count). The molecule has 0 saturated carbocycles. The highest BCUT2D eigenvalue weighted by atomic mass is 16.5. The minimum Gasteiger partial charge on any atom is -0.508 e. The van der Waals surface area contributed by atoms with Crippen molar-refractivity contribution in [2.45, 2.75) is 0 Å². The molecule has 0 fully saturated rings. The van der Waals surface area contributed by atoms with E-state index in [1.165, 1.54) is 25.3 Å². The van der Waals surface area contributed by atoms with E-state index in [0.717, 1.165) is 0 Å². The van der Waals surface area contributed by atoms with E-state index in [9.17, 15) is 0 Å². The Morgan fingerprint density at radius 3 is 2.92 bits per heavy atom. The van der Waals surface area contributed by atoms with E-state index in [2.05, 4.69) is 0 Å². The fraction of sp³-hybridized carbons (Fsp3) is 0.100. The second-order valence-corrected chi connectivity index (χ2v) is 2.39. The number of nitrogens with zero attached hydrogens (tertiary/aromatic N) is 1. The third kappa shape index (κ3) is 2.24. The van der Waals surface area contributed by atoms with Gasteiger partial charge in [0.15, 0.2) is 0 Å². The maximum Gasteiger partial charge on any atom is 0.126 e. The van der Waals surface area contributed by atoms with Crippen LogP contribution in [0.1, 0.15) is 5.56 Å². The molecule has 1 aromatic carbocycles. The molecule has 0 aliphatic heterocycles. The summed E-state index contributed by atoms with van der Waals surface area (Å²) >= 11 is 0. The molecule has 0 aliphatic rings. The summed E-state index contributed by atoms with van der Waals surface area (Å²) in [5, 5.41) is 17.5. The molecule has 1 aromatic rings.